The molecule has 2 aromatic rings. The molecule has 1 aliphatic carbocycles. The Kier molecular flexibility index (Phi) is 6.06. The number of aliphatic hydroxyl groups excluding tert-OH is 1. The molecule has 1 aliphatic rings. The number of hydrazone groups is 1. The summed E-state index contributed by atoms with van der Waals surface area (Å²) in [6, 6.07) is 9.82. The third kappa shape index (κ3) is 4.51. The highest BCUT2D eigenvalue weighted by atomic mass is 32.1. The number of amides is 1. The molecular formula is C20H25N3O2S. The van der Waals surface area contributed by atoms with Gasteiger partial charge in [-0.2, -0.15) is 5.10 Å². The smallest absolute Gasteiger partial charge is 0.281 e. The van der Waals surface area contributed by atoms with Crippen LogP contribution >= 0.6 is 11.3 Å². The highest BCUT2D eigenvalue weighted by molar-refractivity contribution is 7.14. The summed E-state index contributed by atoms with van der Waals surface area (Å²) in [5, 5.41) is 13.1. The highest BCUT2D eigenvalue weighted by Crippen LogP contribution is 2.32. The maximum Gasteiger partial charge on any atom is 0.281 e. The number of thiophene rings is 1. The van der Waals surface area contributed by atoms with Crippen LogP contribution in [0.25, 0.3) is 0 Å². The largest absolute Gasteiger partial charge is 0.395 e. The lowest BCUT2D eigenvalue weighted by atomic mass is 9.90. The van der Waals surface area contributed by atoms with Gasteiger partial charge < -0.3 is 10.0 Å². The molecule has 1 aromatic carbocycles. The molecule has 1 aromatic heterocycles. The number of likely N-dealkylation sites (N-methyl/N-ethyl adjacent to an activating group) is 1. The molecule has 0 spiro atoms. The summed E-state index contributed by atoms with van der Waals surface area (Å²) < 4.78 is 0. The van der Waals surface area contributed by atoms with Crippen LogP contribution in [-0.4, -0.2) is 37.4 Å². The van der Waals surface area contributed by atoms with E-state index in [1.807, 2.05) is 42.3 Å². The molecule has 0 aliphatic heterocycles. The molecule has 0 fully saturated rings. The fourth-order valence-corrected chi connectivity index (χ4v) is 4.23. The Bertz CT molecular complexity index is 783. The van der Waals surface area contributed by atoms with Crippen LogP contribution in [0.2, 0.25) is 0 Å². The van der Waals surface area contributed by atoms with E-state index in [9.17, 15) is 4.79 Å². The summed E-state index contributed by atoms with van der Waals surface area (Å²) in [5.41, 5.74) is 5.88. The summed E-state index contributed by atoms with van der Waals surface area (Å²) in [5.74, 6) is 0.554. The molecule has 2 N–H and O–H groups in total. The molecule has 5 nitrogen and oxygen atoms in total. The summed E-state index contributed by atoms with van der Waals surface area (Å²) in [4.78, 5) is 16.4. The molecule has 1 amide bonds. The number of benzene rings is 1. The molecule has 1 heterocycles. The van der Waals surface area contributed by atoms with Crippen molar-refractivity contribution in [1.82, 2.24) is 5.43 Å². The van der Waals surface area contributed by atoms with Gasteiger partial charge in [0.15, 0.2) is 0 Å². The molecule has 0 radical (unpaired) electrons. The third-order valence-electron chi connectivity index (χ3n) is 4.70. The average Bonchev–Trinajstić information content (AvgIpc) is 3.05. The minimum absolute atomic E-state index is 0.122. The number of rotatable bonds is 6. The van der Waals surface area contributed by atoms with Gasteiger partial charge in [-0.25, -0.2) is 5.43 Å². The maximum atomic E-state index is 12.3. The molecule has 6 heteroatoms. The van der Waals surface area contributed by atoms with Crippen LogP contribution in [0.1, 0.15) is 39.0 Å². The molecule has 3 rings (SSSR count). The average molecular weight is 372 g/mol. The van der Waals surface area contributed by atoms with E-state index in [2.05, 4.69) is 17.5 Å². The number of anilines is 1. The molecule has 26 heavy (non-hydrogen) atoms. The highest BCUT2D eigenvalue weighted by Gasteiger charge is 2.20. The molecule has 0 saturated carbocycles. The first-order valence-electron chi connectivity index (χ1n) is 8.94. The van der Waals surface area contributed by atoms with Crippen molar-refractivity contribution in [2.45, 2.75) is 26.2 Å². The molecule has 1 unspecified atom stereocenters. The van der Waals surface area contributed by atoms with Crippen molar-refractivity contribution in [3.63, 3.8) is 0 Å². The maximum absolute atomic E-state index is 12.3. The summed E-state index contributed by atoms with van der Waals surface area (Å²) >= 11 is 1.59. The Morgan fingerprint density at radius 1 is 1.42 bits per heavy atom. The lowest BCUT2D eigenvalue weighted by Crippen LogP contribution is -2.20. The summed E-state index contributed by atoms with van der Waals surface area (Å²) in [6.07, 6.45) is 4.99. The van der Waals surface area contributed by atoms with Crippen molar-refractivity contribution < 1.29 is 9.90 Å². The van der Waals surface area contributed by atoms with E-state index in [-0.39, 0.29) is 12.5 Å². The van der Waals surface area contributed by atoms with Crippen LogP contribution in [0.15, 0.2) is 35.4 Å². The third-order valence-corrected chi connectivity index (χ3v) is 5.94. The van der Waals surface area contributed by atoms with Crippen LogP contribution in [0.4, 0.5) is 5.69 Å². The first-order valence-corrected chi connectivity index (χ1v) is 9.75. The lowest BCUT2D eigenvalue weighted by Gasteiger charge is -2.17. The number of nitrogens with zero attached hydrogens (tertiary/aromatic N) is 2. The van der Waals surface area contributed by atoms with Crippen molar-refractivity contribution in [2.24, 2.45) is 11.0 Å². The fourth-order valence-electron chi connectivity index (χ4n) is 3.13. The van der Waals surface area contributed by atoms with Crippen molar-refractivity contribution in [1.29, 1.82) is 0 Å². The van der Waals surface area contributed by atoms with Gasteiger partial charge in [0.2, 0.25) is 0 Å². The molecule has 138 valence electrons. The number of aryl methyl sites for hydroxylation is 1. The standard InChI is InChI=1S/C20H25N3O2S/c1-14-3-8-18-16(11-14)12-19(26-18)20(25)22-21-13-15-4-6-17(7-5-15)23(2)9-10-24/h4-7,12-14,24H,3,8-11H2,1-2H3,(H,22,25). The Balaban J connectivity index is 1.57. The van der Waals surface area contributed by atoms with Gasteiger partial charge in [-0.1, -0.05) is 19.1 Å². The van der Waals surface area contributed by atoms with Crippen LogP contribution < -0.4 is 10.3 Å². The number of aliphatic hydroxyl groups is 1. The molecular weight excluding hydrogens is 346 g/mol. The number of hydrogen-bond acceptors (Lipinski definition) is 5. The minimum atomic E-state index is -0.146. The van der Waals surface area contributed by atoms with E-state index in [1.165, 1.54) is 16.9 Å². The first kappa shape index (κ1) is 18.6. The van der Waals surface area contributed by atoms with Crippen molar-refractivity contribution >= 4 is 29.1 Å². The molecule has 0 bridgehead atoms. The second-order valence-electron chi connectivity index (χ2n) is 6.84. The molecule has 1 atom stereocenters. The number of carbonyl (C=O) groups excluding carboxylic acids is 1. The Hall–Kier alpha value is -2.18. The Morgan fingerprint density at radius 3 is 2.92 bits per heavy atom. The monoisotopic (exact) mass is 371 g/mol. The Labute approximate surface area is 158 Å². The normalized spacial score (nSPS) is 16.5. The quantitative estimate of drug-likeness (QED) is 0.606. The first-order chi connectivity index (χ1) is 12.6. The number of fused-ring (bicyclic) bond motifs is 1. The van der Waals surface area contributed by atoms with Crippen LogP contribution in [-0.2, 0) is 12.8 Å². The summed E-state index contributed by atoms with van der Waals surface area (Å²) in [7, 11) is 1.93. The van der Waals surface area contributed by atoms with Crippen LogP contribution in [0, 0.1) is 5.92 Å². The fraction of sp³-hybridized carbons (Fsp3) is 0.400. The van der Waals surface area contributed by atoms with Gasteiger partial charge >= 0.3 is 0 Å². The van der Waals surface area contributed by atoms with E-state index >= 15 is 0 Å². The van der Waals surface area contributed by atoms with Gasteiger partial charge in [0, 0.05) is 24.2 Å². The second kappa shape index (κ2) is 8.47. The number of carbonyl (C=O) groups is 1. The summed E-state index contributed by atoms with van der Waals surface area (Å²) in [6.45, 7) is 2.97. The van der Waals surface area contributed by atoms with Crippen molar-refractivity contribution in [3.8, 4) is 0 Å². The van der Waals surface area contributed by atoms with Crippen LogP contribution in [0.5, 0.6) is 0 Å². The van der Waals surface area contributed by atoms with Crippen LogP contribution in [0.3, 0.4) is 0 Å². The van der Waals surface area contributed by atoms with Crippen molar-refractivity contribution in [2.75, 3.05) is 25.1 Å². The zero-order valence-electron chi connectivity index (χ0n) is 15.2. The number of nitrogens with one attached hydrogen (secondary N) is 1. The Morgan fingerprint density at radius 2 is 2.19 bits per heavy atom. The SMILES string of the molecule is CC1CCc2sc(C(=O)NN=Cc3ccc(N(C)CCO)cc3)cc2C1. The van der Waals surface area contributed by atoms with E-state index in [1.54, 1.807) is 17.6 Å². The van der Waals surface area contributed by atoms with E-state index in [0.717, 1.165) is 29.0 Å². The van der Waals surface area contributed by atoms with Crippen molar-refractivity contribution in [3.05, 3.63) is 51.2 Å². The van der Waals surface area contributed by atoms with E-state index < -0.39 is 0 Å². The zero-order chi connectivity index (χ0) is 18.5. The van der Waals surface area contributed by atoms with Gasteiger partial charge in [0.25, 0.3) is 5.91 Å². The van der Waals surface area contributed by atoms with Gasteiger partial charge in [0.1, 0.15) is 0 Å². The van der Waals surface area contributed by atoms with E-state index in [4.69, 9.17) is 5.11 Å². The number of hydrogen-bond donors (Lipinski definition) is 2. The van der Waals surface area contributed by atoms with E-state index in [0.29, 0.717) is 12.5 Å². The zero-order valence-corrected chi connectivity index (χ0v) is 16.1. The molecule has 0 saturated heterocycles. The lowest BCUT2D eigenvalue weighted by molar-refractivity contribution is 0.0959. The van der Waals surface area contributed by atoms with Gasteiger partial charge in [0.05, 0.1) is 17.7 Å². The predicted octanol–water partition coefficient (Wildman–Crippen LogP) is 3.07. The predicted molar refractivity (Wildman–Crippen MR) is 107 cm³/mol. The second-order valence-corrected chi connectivity index (χ2v) is 7.98. The van der Waals surface area contributed by atoms with Gasteiger partial charge in [-0.3, -0.25) is 4.79 Å². The van der Waals surface area contributed by atoms with Gasteiger partial charge in [-0.15, -0.1) is 11.3 Å². The minimum Gasteiger partial charge on any atom is -0.395 e. The van der Waals surface area contributed by atoms with Gasteiger partial charge in [-0.05, 0) is 54.5 Å². The topological polar surface area (TPSA) is 64.9 Å².